The Morgan fingerprint density at radius 1 is 1.52 bits per heavy atom. The Kier molecular flexibility index (Phi) is 5.23. The van der Waals surface area contributed by atoms with E-state index >= 15 is 0 Å². The lowest BCUT2D eigenvalue weighted by Crippen LogP contribution is -2.31. The molecule has 1 heterocycles. The Balaban J connectivity index is 2.17. The molecule has 2 atom stereocenters. The number of aldehydes is 1. The van der Waals surface area contributed by atoms with Crippen LogP contribution >= 0.6 is 0 Å². The van der Waals surface area contributed by atoms with E-state index in [9.17, 15) is 17.6 Å². The van der Waals surface area contributed by atoms with Crippen molar-refractivity contribution in [2.24, 2.45) is 5.73 Å². The molecular formula is C12H16FN3O4S. The predicted octanol–water partition coefficient (Wildman–Crippen LogP) is -0.869. The van der Waals surface area contributed by atoms with Gasteiger partial charge in [-0.2, -0.15) is 0 Å². The van der Waals surface area contributed by atoms with Crippen molar-refractivity contribution in [3.8, 4) is 0 Å². The van der Waals surface area contributed by atoms with Crippen molar-refractivity contribution in [3.05, 3.63) is 29.6 Å². The lowest BCUT2D eigenvalue weighted by molar-refractivity contribution is -0.117. The average molecular weight is 317 g/mol. The van der Waals surface area contributed by atoms with Gasteiger partial charge in [0, 0.05) is 30.9 Å². The summed E-state index contributed by atoms with van der Waals surface area (Å²) in [5, 5.41) is 0. The van der Waals surface area contributed by atoms with Crippen LogP contribution in [0.25, 0.3) is 0 Å². The zero-order valence-electron chi connectivity index (χ0n) is 11.1. The minimum atomic E-state index is -2.78. The van der Waals surface area contributed by atoms with Crippen LogP contribution in [-0.2, 0) is 27.0 Å². The number of hydrogen-bond acceptors (Lipinski definition) is 6. The van der Waals surface area contributed by atoms with Gasteiger partial charge in [0.05, 0.1) is 6.10 Å². The van der Waals surface area contributed by atoms with E-state index < -0.39 is 22.9 Å². The van der Waals surface area contributed by atoms with E-state index in [1.807, 2.05) is 0 Å². The van der Waals surface area contributed by atoms with Crippen LogP contribution in [-0.4, -0.2) is 40.1 Å². The quantitative estimate of drug-likeness (QED) is 0.466. The molecule has 21 heavy (non-hydrogen) atoms. The van der Waals surface area contributed by atoms with E-state index in [2.05, 4.69) is 4.72 Å². The molecule has 1 aromatic carbocycles. The van der Waals surface area contributed by atoms with Gasteiger partial charge in [-0.05, 0) is 12.1 Å². The van der Waals surface area contributed by atoms with Crippen molar-refractivity contribution >= 4 is 22.9 Å². The number of rotatable bonds is 6. The van der Waals surface area contributed by atoms with Crippen molar-refractivity contribution in [1.29, 1.82) is 0 Å². The van der Waals surface area contributed by atoms with Gasteiger partial charge in [-0.1, -0.05) is 6.07 Å². The lowest BCUT2D eigenvalue weighted by Gasteiger charge is -2.21. The maximum absolute atomic E-state index is 13.9. The number of halogens is 1. The highest BCUT2D eigenvalue weighted by atomic mass is 32.2. The highest BCUT2D eigenvalue weighted by molar-refractivity contribution is 7.70. The number of benzene rings is 1. The number of carbonyl (C=O) groups is 1. The second kappa shape index (κ2) is 6.94. The summed E-state index contributed by atoms with van der Waals surface area (Å²) in [5.74, 6) is -0.558. The Bertz CT molecular complexity index is 588. The number of carbonyl (C=O) groups excluding carboxylic acids is 1. The minimum absolute atomic E-state index is 0.121. The van der Waals surface area contributed by atoms with Gasteiger partial charge in [-0.15, -0.1) is 0 Å². The number of ether oxygens (including phenoxy) is 1. The zero-order chi connectivity index (χ0) is 15.4. The summed E-state index contributed by atoms with van der Waals surface area (Å²) in [5.41, 5.74) is 6.21. The van der Waals surface area contributed by atoms with E-state index in [-0.39, 0.29) is 24.8 Å². The SMILES string of the molecule is NC[C@H]1CN(c2ccc(CN[SH](=O)=O)c(F)c2)C(C=O)O1. The first-order valence-electron chi connectivity index (χ1n) is 6.29. The fraction of sp³-hybridized carbons (Fsp3) is 0.417. The largest absolute Gasteiger partial charge is 0.345 e. The second-order valence-corrected chi connectivity index (χ2v) is 5.37. The molecule has 3 N–H and O–H groups in total. The van der Waals surface area contributed by atoms with Crippen molar-refractivity contribution in [2.75, 3.05) is 18.0 Å². The van der Waals surface area contributed by atoms with Gasteiger partial charge < -0.3 is 15.4 Å². The molecule has 0 radical (unpaired) electrons. The van der Waals surface area contributed by atoms with Gasteiger partial charge in [-0.25, -0.2) is 17.5 Å². The Hall–Kier alpha value is -1.55. The summed E-state index contributed by atoms with van der Waals surface area (Å²) < 4.78 is 42.3. The van der Waals surface area contributed by atoms with Gasteiger partial charge in [-0.3, -0.25) is 4.79 Å². The van der Waals surface area contributed by atoms with Crippen molar-refractivity contribution in [1.82, 2.24) is 4.72 Å². The molecular weight excluding hydrogens is 301 g/mol. The highest BCUT2D eigenvalue weighted by Crippen LogP contribution is 2.25. The summed E-state index contributed by atoms with van der Waals surface area (Å²) in [6.45, 7) is 0.537. The summed E-state index contributed by atoms with van der Waals surface area (Å²) in [4.78, 5) is 12.6. The van der Waals surface area contributed by atoms with Gasteiger partial charge in [0.25, 0.3) is 0 Å². The number of thiol groups is 1. The second-order valence-electron chi connectivity index (χ2n) is 4.54. The van der Waals surface area contributed by atoms with E-state index in [0.717, 1.165) is 0 Å². The Morgan fingerprint density at radius 2 is 2.29 bits per heavy atom. The zero-order valence-corrected chi connectivity index (χ0v) is 12.0. The molecule has 0 spiro atoms. The fourth-order valence-corrected chi connectivity index (χ4v) is 2.43. The first kappa shape index (κ1) is 15.8. The molecule has 1 aromatic rings. The van der Waals surface area contributed by atoms with Gasteiger partial charge in [0.15, 0.2) is 12.5 Å². The topological polar surface area (TPSA) is 102 Å². The highest BCUT2D eigenvalue weighted by Gasteiger charge is 2.32. The van der Waals surface area contributed by atoms with Crippen LogP contribution in [0.15, 0.2) is 18.2 Å². The van der Waals surface area contributed by atoms with Crippen LogP contribution < -0.4 is 15.4 Å². The summed E-state index contributed by atoms with van der Waals surface area (Å²) in [7, 11) is -2.78. The smallest absolute Gasteiger partial charge is 0.201 e. The molecule has 0 amide bonds. The van der Waals surface area contributed by atoms with Crippen LogP contribution in [0.2, 0.25) is 0 Å². The number of nitrogens with zero attached hydrogens (tertiary/aromatic N) is 1. The van der Waals surface area contributed by atoms with Crippen molar-refractivity contribution < 1.29 is 22.3 Å². The summed E-state index contributed by atoms with van der Waals surface area (Å²) >= 11 is 0. The van der Waals surface area contributed by atoms with Crippen LogP contribution in [0.4, 0.5) is 10.1 Å². The maximum atomic E-state index is 13.9. The minimum Gasteiger partial charge on any atom is -0.345 e. The molecule has 0 saturated carbocycles. The maximum Gasteiger partial charge on any atom is 0.201 e. The molecule has 1 fully saturated rings. The van der Waals surface area contributed by atoms with Gasteiger partial charge >= 0.3 is 0 Å². The van der Waals surface area contributed by atoms with Crippen molar-refractivity contribution in [2.45, 2.75) is 18.9 Å². The van der Waals surface area contributed by atoms with Gasteiger partial charge in [0.2, 0.25) is 10.9 Å². The third kappa shape index (κ3) is 3.76. The Labute approximate surface area is 122 Å². The molecule has 0 aromatic heterocycles. The monoisotopic (exact) mass is 317 g/mol. The average Bonchev–Trinajstić information content (AvgIpc) is 2.89. The first-order valence-corrected chi connectivity index (χ1v) is 7.46. The lowest BCUT2D eigenvalue weighted by atomic mass is 10.1. The van der Waals surface area contributed by atoms with Crippen LogP contribution in [0, 0.1) is 5.82 Å². The predicted molar refractivity (Wildman–Crippen MR) is 74.7 cm³/mol. The molecule has 2 rings (SSSR count). The third-order valence-corrected chi connectivity index (χ3v) is 3.60. The summed E-state index contributed by atoms with van der Waals surface area (Å²) in [6, 6.07) is 4.32. The number of hydrogen-bond donors (Lipinski definition) is 3. The van der Waals surface area contributed by atoms with E-state index in [4.69, 9.17) is 10.5 Å². The molecule has 1 aliphatic rings. The number of anilines is 1. The molecule has 1 saturated heterocycles. The standard InChI is InChI=1S/C12H16FN3O4S/c13-11-3-9(2-1-8(11)5-15-21(18)19)16-6-10(4-14)20-12(16)7-17/h1-3,7,10,12,21H,4-6,14H2,(H,15,18,19)/t10-,12?/m0/s1. The fourth-order valence-electron chi connectivity index (χ4n) is 2.13. The van der Waals surface area contributed by atoms with E-state index in [1.54, 1.807) is 11.0 Å². The van der Waals surface area contributed by atoms with E-state index in [0.29, 0.717) is 18.5 Å². The summed E-state index contributed by atoms with van der Waals surface area (Å²) in [6.07, 6.45) is -0.447. The molecule has 116 valence electrons. The van der Waals surface area contributed by atoms with E-state index in [1.165, 1.54) is 12.1 Å². The molecule has 7 nitrogen and oxygen atoms in total. The number of nitrogens with two attached hydrogens (primary N) is 1. The van der Waals surface area contributed by atoms with Crippen LogP contribution in [0.5, 0.6) is 0 Å². The molecule has 1 unspecified atom stereocenters. The van der Waals surface area contributed by atoms with Crippen LogP contribution in [0.3, 0.4) is 0 Å². The normalized spacial score (nSPS) is 22.0. The number of nitrogens with one attached hydrogen (secondary N) is 1. The third-order valence-electron chi connectivity index (χ3n) is 3.19. The molecule has 0 bridgehead atoms. The van der Waals surface area contributed by atoms with Gasteiger partial charge in [0.1, 0.15) is 5.82 Å². The molecule has 9 heteroatoms. The molecule has 0 aliphatic carbocycles. The van der Waals surface area contributed by atoms with Crippen molar-refractivity contribution in [3.63, 3.8) is 0 Å². The first-order chi connectivity index (χ1) is 10.0. The molecule has 1 aliphatic heterocycles. The van der Waals surface area contributed by atoms with Crippen LogP contribution in [0.1, 0.15) is 5.56 Å². The Morgan fingerprint density at radius 3 is 2.86 bits per heavy atom.